The van der Waals surface area contributed by atoms with Gasteiger partial charge in [-0.3, -0.25) is 4.68 Å². The highest BCUT2D eigenvalue weighted by Gasteiger charge is 2.12. The topological polar surface area (TPSA) is 43.8 Å². The molecule has 2 aromatic rings. The second kappa shape index (κ2) is 5.61. The maximum Gasteiger partial charge on any atom is 0.141 e. The number of halogens is 2. The van der Waals surface area contributed by atoms with Crippen molar-refractivity contribution in [2.45, 2.75) is 30.5 Å². The molecule has 0 saturated heterocycles. The number of hydrogen-bond acceptors (Lipinski definition) is 3. The van der Waals surface area contributed by atoms with Gasteiger partial charge < -0.3 is 5.73 Å². The molecule has 0 atom stereocenters. The number of nitrogens with zero attached hydrogens (tertiary/aromatic N) is 2. The van der Waals surface area contributed by atoms with Crippen LogP contribution < -0.4 is 5.73 Å². The van der Waals surface area contributed by atoms with Crippen molar-refractivity contribution in [2.75, 3.05) is 5.73 Å². The summed E-state index contributed by atoms with van der Waals surface area (Å²) in [6.07, 6.45) is 1.86. The zero-order valence-corrected chi connectivity index (χ0v) is 11.5. The Morgan fingerprint density at radius 2 is 1.95 bits per heavy atom. The summed E-state index contributed by atoms with van der Waals surface area (Å²) >= 11 is 1.08. The lowest BCUT2D eigenvalue weighted by Crippen LogP contribution is -2.01. The van der Waals surface area contributed by atoms with Crippen molar-refractivity contribution in [2.24, 2.45) is 0 Å². The predicted octanol–water partition coefficient (Wildman–Crippen LogP) is 3.62. The van der Waals surface area contributed by atoms with E-state index in [9.17, 15) is 8.78 Å². The summed E-state index contributed by atoms with van der Waals surface area (Å²) in [5.74, 6) is -0.853. The molecule has 0 aliphatic carbocycles. The maximum atomic E-state index is 13.6. The normalized spacial score (nSPS) is 11.2. The molecule has 0 aliphatic rings. The molecule has 0 radical (unpaired) electrons. The van der Waals surface area contributed by atoms with Gasteiger partial charge in [0.2, 0.25) is 0 Å². The third kappa shape index (κ3) is 3.26. The first-order chi connectivity index (χ1) is 8.97. The number of rotatable bonds is 4. The van der Waals surface area contributed by atoms with Gasteiger partial charge in [-0.15, -0.1) is 11.8 Å². The fraction of sp³-hybridized carbons (Fsp3) is 0.308. The smallest absolute Gasteiger partial charge is 0.141 e. The van der Waals surface area contributed by atoms with Gasteiger partial charge in [0, 0.05) is 23.7 Å². The molecule has 19 heavy (non-hydrogen) atoms. The molecular formula is C13H15F2N3S. The van der Waals surface area contributed by atoms with Crippen LogP contribution in [0.5, 0.6) is 0 Å². The number of hydrogen-bond donors (Lipinski definition) is 1. The number of thioether (sulfide) groups is 1. The van der Waals surface area contributed by atoms with E-state index in [1.807, 2.05) is 30.8 Å². The summed E-state index contributed by atoms with van der Waals surface area (Å²) < 4.78 is 29.0. The van der Waals surface area contributed by atoms with Crippen molar-refractivity contribution in [3.8, 4) is 0 Å². The Labute approximate surface area is 114 Å². The van der Waals surface area contributed by atoms with Crippen molar-refractivity contribution in [1.82, 2.24) is 9.78 Å². The van der Waals surface area contributed by atoms with Crippen LogP contribution in [0.25, 0.3) is 0 Å². The highest BCUT2D eigenvalue weighted by atomic mass is 32.2. The quantitative estimate of drug-likeness (QED) is 0.688. The summed E-state index contributed by atoms with van der Waals surface area (Å²) in [5, 5.41) is 4.33. The molecule has 0 bridgehead atoms. The fourth-order valence-corrected chi connectivity index (χ4v) is 2.45. The first-order valence-corrected chi connectivity index (χ1v) is 6.87. The molecule has 1 heterocycles. The molecule has 0 fully saturated rings. The van der Waals surface area contributed by atoms with Crippen molar-refractivity contribution in [1.29, 1.82) is 0 Å². The zero-order valence-electron chi connectivity index (χ0n) is 10.7. The molecule has 2 rings (SSSR count). The van der Waals surface area contributed by atoms with Crippen LogP contribution in [0.15, 0.2) is 29.3 Å². The molecule has 0 aliphatic heterocycles. The molecule has 3 nitrogen and oxygen atoms in total. The first kappa shape index (κ1) is 13.9. The maximum absolute atomic E-state index is 13.6. The van der Waals surface area contributed by atoms with E-state index < -0.39 is 11.6 Å². The highest BCUT2D eigenvalue weighted by molar-refractivity contribution is 7.98. The van der Waals surface area contributed by atoms with E-state index in [2.05, 4.69) is 5.10 Å². The van der Waals surface area contributed by atoms with E-state index in [-0.39, 0.29) is 16.6 Å². The van der Waals surface area contributed by atoms with Crippen LogP contribution in [0, 0.1) is 11.6 Å². The van der Waals surface area contributed by atoms with Gasteiger partial charge in [0.1, 0.15) is 11.6 Å². The van der Waals surface area contributed by atoms with Gasteiger partial charge in [0.15, 0.2) is 0 Å². The lowest BCUT2D eigenvalue weighted by molar-refractivity contribution is 0.528. The summed E-state index contributed by atoms with van der Waals surface area (Å²) in [4.78, 5) is -0.0201. The highest BCUT2D eigenvalue weighted by Crippen LogP contribution is 2.29. The van der Waals surface area contributed by atoms with Crippen LogP contribution in [-0.2, 0) is 5.75 Å². The lowest BCUT2D eigenvalue weighted by atomic mass is 10.3. The summed E-state index contributed by atoms with van der Waals surface area (Å²) in [6.45, 7) is 4.03. The Kier molecular flexibility index (Phi) is 4.09. The standard InChI is InChI=1S/C13H15F2N3S/c1-8(2)18-4-3-10(17-18)7-19-13-11(14)5-9(16)6-12(13)15/h3-6,8H,7,16H2,1-2H3. The van der Waals surface area contributed by atoms with Crippen LogP contribution in [0.1, 0.15) is 25.6 Å². The number of aromatic nitrogens is 2. The lowest BCUT2D eigenvalue weighted by Gasteiger charge is -2.05. The largest absolute Gasteiger partial charge is 0.399 e. The second-order valence-corrected chi connectivity index (χ2v) is 5.47. The number of anilines is 1. The van der Waals surface area contributed by atoms with E-state index in [0.717, 1.165) is 29.6 Å². The molecule has 2 N–H and O–H groups in total. The molecule has 0 saturated carbocycles. The van der Waals surface area contributed by atoms with E-state index in [1.165, 1.54) is 0 Å². The van der Waals surface area contributed by atoms with Gasteiger partial charge in [-0.25, -0.2) is 8.78 Å². The van der Waals surface area contributed by atoms with Gasteiger partial charge >= 0.3 is 0 Å². The van der Waals surface area contributed by atoms with Crippen LogP contribution in [0.3, 0.4) is 0 Å². The molecule has 1 aromatic heterocycles. The molecule has 0 spiro atoms. The zero-order chi connectivity index (χ0) is 14.0. The fourth-order valence-electron chi connectivity index (χ4n) is 1.61. The Morgan fingerprint density at radius 1 is 1.32 bits per heavy atom. The number of benzene rings is 1. The monoisotopic (exact) mass is 283 g/mol. The molecule has 0 unspecified atom stereocenters. The summed E-state index contributed by atoms with van der Waals surface area (Å²) in [5.41, 5.74) is 6.24. The molecule has 0 amide bonds. The van der Waals surface area contributed by atoms with E-state index in [4.69, 9.17) is 5.73 Å². The Hall–Kier alpha value is -1.56. The third-order valence-corrected chi connectivity index (χ3v) is 3.70. The molecule has 6 heteroatoms. The minimum atomic E-state index is -0.634. The Balaban J connectivity index is 2.10. The number of nitrogens with two attached hydrogens (primary N) is 1. The van der Waals surface area contributed by atoms with Gasteiger partial charge in [-0.05, 0) is 32.0 Å². The second-order valence-electron chi connectivity index (χ2n) is 4.48. The van der Waals surface area contributed by atoms with Crippen molar-refractivity contribution < 1.29 is 8.78 Å². The minimum absolute atomic E-state index is 0.0201. The molecule has 102 valence electrons. The van der Waals surface area contributed by atoms with Crippen molar-refractivity contribution >= 4 is 17.4 Å². The van der Waals surface area contributed by atoms with Gasteiger partial charge in [0.05, 0.1) is 10.6 Å². The van der Waals surface area contributed by atoms with Crippen LogP contribution in [-0.4, -0.2) is 9.78 Å². The van der Waals surface area contributed by atoms with Gasteiger partial charge in [-0.2, -0.15) is 5.10 Å². The van der Waals surface area contributed by atoms with Crippen LogP contribution in [0.4, 0.5) is 14.5 Å². The molecular weight excluding hydrogens is 268 g/mol. The molecule has 1 aromatic carbocycles. The van der Waals surface area contributed by atoms with Crippen LogP contribution in [0.2, 0.25) is 0 Å². The SMILES string of the molecule is CC(C)n1ccc(CSc2c(F)cc(N)cc2F)n1. The Morgan fingerprint density at radius 3 is 2.47 bits per heavy atom. The average Bonchev–Trinajstić information content (AvgIpc) is 2.76. The third-order valence-electron chi connectivity index (χ3n) is 2.58. The van der Waals surface area contributed by atoms with E-state index in [0.29, 0.717) is 5.75 Å². The number of nitrogen functional groups attached to an aromatic ring is 1. The van der Waals surface area contributed by atoms with Crippen molar-refractivity contribution in [3.63, 3.8) is 0 Å². The summed E-state index contributed by atoms with van der Waals surface area (Å²) in [6, 6.07) is 4.36. The van der Waals surface area contributed by atoms with Gasteiger partial charge in [0.25, 0.3) is 0 Å². The first-order valence-electron chi connectivity index (χ1n) is 5.88. The van der Waals surface area contributed by atoms with Crippen molar-refractivity contribution in [3.05, 3.63) is 41.7 Å². The Bertz CT molecular complexity index is 558. The van der Waals surface area contributed by atoms with E-state index >= 15 is 0 Å². The minimum Gasteiger partial charge on any atom is -0.399 e. The average molecular weight is 283 g/mol. The van der Waals surface area contributed by atoms with Crippen LogP contribution >= 0.6 is 11.8 Å². The predicted molar refractivity (Wildman–Crippen MR) is 72.9 cm³/mol. The summed E-state index contributed by atoms with van der Waals surface area (Å²) in [7, 11) is 0. The van der Waals surface area contributed by atoms with Gasteiger partial charge in [-0.1, -0.05) is 0 Å². The van der Waals surface area contributed by atoms with E-state index in [1.54, 1.807) is 0 Å².